The van der Waals surface area contributed by atoms with Gasteiger partial charge in [0.05, 0.1) is 12.0 Å². The Balaban J connectivity index is 2.17. The fourth-order valence-electron chi connectivity index (χ4n) is 1.51. The minimum absolute atomic E-state index is 0.0367. The Kier molecular flexibility index (Phi) is 3.89. The molecule has 0 aliphatic carbocycles. The molecule has 20 heavy (non-hydrogen) atoms. The van der Waals surface area contributed by atoms with Gasteiger partial charge in [0.25, 0.3) is 0 Å². The quantitative estimate of drug-likeness (QED) is 0.610. The van der Waals surface area contributed by atoms with Crippen molar-refractivity contribution in [1.29, 1.82) is 0 Å². The van der Waals surface area contributed by atoms with Crippen molar-refractivity contribution >= 4 is 17.5 Å². The fourth-order valence-corrected chi connectivity index (χ4v) is 1.51. The van der Waals surface area contributed by atoms with E-state index in [2.05, 4.69) is 20.3 Å². The maximum atomic E-state index is 10.9. The number of nitrogens with zero attached hydrogens (tertiary/aromatic N) is 4. The van der Waals surface area contributed by atoms with Crippen molar-refractivity contribution < 1.29 is 9.66 Å². The lowest BCUT2D eigenvalue weighted by molar-refractivity contribution is -0.384. The van der Waals surface area contributed by atoms with E-state index >= 15 is 0 Å². The van der Waals surface area contributed by atoms with Crippen LogP contribution in [0.1, 0.15) is 5.56 Å². The lowest BCUT2D eigenvalue weighted by atomic mass is 10.2. The van der Waals surface area contributed by atoms with E-state index in [0.29, 0.717) is 12.4 Å². The zero-order valence-electron chi connectivity index (χ0n) is 10.6. The third-order valence-electron chi connectivity index (χ3n) is 2.45. The molecule has 2 aromatic rings. The van der Waals surface area contributed by atoms with Crippen LogP contribution in [0.3, 0.4) is 0 Å². The van der Waals surface area contributed by atoms with E-state index in [1.165, 1.54) is 7.11 Å². The van der Waals surface area contributed by atoms with Gasteiger partial charge in [0.2, 0.25) is 17.6 Å². The van der Waals surface area contributed by atoms with Gasteiger partial charge in [0.1, 0.15) is 6.20 Å². The van der Waals surface area contributed by atoms with Gasteiger partial charge in [-0.3, -0.25) is 10.1 Å². The maximum absolute atomic E-state index is 10.9. The number of methoxy groups -OCH3 is 1. The summed E-state index contributed by atoms with van der Waals surface area (Å²) < 4.78 is 5.00. The molecule has 0 amide bonds. The number of hydrogen-bond donors (Lipinski definition) is 2. The van der Waals surface area contributed by atoms with E-state index in [1.807, 2.05) is 0 Å². The molecule has 3 N–H and O–H groups in total. The molecule has 0 saturated heterocycles. The molecule has 0 aliphatic heterocycles. The molecule has 0 atom stereocenters. The lowest BCUT2D eigenvalue weighted by Crippen LogP contribution is -2.07. The van der Waals surface area contributed by atoms with Gasteiger partial charge < -0.3 is 15.8 Å². The number of nitrogen functional groups attached to an aromatic ring is 1. The number of ether oxygens (including phenoxy) is 1. The molecule has 0 unspecified atom stereocenters. The first kappa shape index (κ1) is 13.5. The lowest BCUT2D eigenvalue weighted by Gasteiger charge is -2.07. The minimum Gasteiger partial charge on any atom is -0.481 e. The highest BCUT2D eigenvalue weighted by atomic mass is 16.6. The van der Waals surface area contributed by atoms with Gasteiger partial charge in [0, 0.05) is 18.8 Å². The summed E-state index contributed by atoms with van der Waals surface area (Å²) in [6.07, 6.45) is 2.65. The van der Waals surface area contributed by atoms with E-state index in [9.17, 15) is 10.1 Å². The third kappa shape index (κ3) is 3.07. The minimum atomic E-state index is -0.574. The van der Waals surface area contributed by atoms with Crippen LogP contribution in [-0.4, -0.2) is 27.0 Å². The molecule has 2 aromatic heterocycles. The van der Waals surface area contributed by atoms with Crippen LogP contribution in [0.15, 0.2) is 24.5 Å². The Morgan fingerprint density at radius 3 is 3.00 bits per heavy atom. The summed E-state index contributed by atoms with van der Waals surface area (Å²) >= 11 is 0. The SMILES string of the molecule is COc1cc(CNc2nc(N)ncc2[N+](=O)[O-])ccn1. The standard InChI is InChI=1S/C11H12N6O3/c1-20-9-4-7(2-3-13-9)5-14-10-8(17(18)19)6-15-11(12)16-10/h2-4,6H,5H2,1H3,(H3,12,14,15,16). The van der Waals surface area contributed by atoms with Gasteiger partial charge in [-0.25, -0.2) is 9.97 Å². The van der Waals surface area contributed by atoms with Gasteiger partial charge >= 0.3 is 5.69 Å². The van der Waals surface area contributed by atoms with Crippen LogP contribution >= 0.6 is 0 Å². The first-order valence-corrected chi connectivity index (χ1v) is 5.60. The number of nitrogens with two attached hydrogens (primary N) is 1. The summed E-state index contributed by atoms with van der Waals surface area (Å²) in [5.74, 6) is 0.490. The number of nitrogens with one attached hydrogen (secondary N) is 1. The fraction of sp³-hybridized carbons (Fsp3) is 0.182. The highest BCUT2D eigenvalue weighted by molar-refractivity contribution is 5.56. The maximum Gasteiger partial charge on any atom is 0.329 e. The number of aromatic nitrogens is 3. The molecule has 0 fully saturated rings. The average Bonchev–Trinajstić information content (AvgIpc) is 2.45. The summed E-state index contributed by atoms with van der Waals surface area (Å²) in [4.78, 5) is 21.7. The highest BCUT2D eigenvalue weighted by Crippen LogP contribution is 2.22. The Hall–Kier alpha value is -2.97. The monoisotopic (exact) mass is 276 g/mol. The molecule has 0 aliphatic rings. The molecule has 0 bridgehead atoms. The Morgan fingerprint density at radius 1 is 1.50 bits per heavy atom. The molecule has 0 saturated carbocycles. The number of rotatable bonds is 5. The number of pyridine rings is 1. The molecular weight excluding hydrogens is 264 g/mol. The van der Waals surface area contributed by atoms with Crippen LogP contribution < -0.4 is 15.8 Å². The van der Waals surface area contributed by atoms with E-state index in [1.54, 1.807) is 18.3 Å². The zero-order chi connectivity index (χ0) is 14.5. The molecule has 104 valence electrons. The molecule has 2 heterocycles. The normalized spacial score (nSPS) is 10.1. The van der Waals surface area contributed by atoms with Crippen molar-refractivity contribution in [3.05, 3.63) is 40.2 Å². The number of hydrogen-bond acceptors (Lipinski definition) is 8. The average molecular weight is 276 g/mol. The van der Waals surface area contributed by atoms with Gasteiger partial charge in [-0.05, 0) is 11.6 Å². The van der Waals surface area contributed by atoms with Crippen LogP contribution in [0.2, 0.25) is 0 Å². The molecule has 0 radical (unpaired) electrons. The molecule has 2 rings (SSSR count). The summed E-state index contributed by atoms with van der Waals surface area (Å²) in [6.45, 7) is 0.316. The topological polar surface area (TPSA) is 129 Å². The van der Waals surface area contributed by atoms with Crippen LogP contribution in [0.25, 0.3) is 0 Å². The molecule has 0 spiro atoms. The van der Waals surface area contributed by atoms with Crippen molar-refractivity contribution in [2.24, 2.45) is 0 Å². The Labute approximate surface area is 114 Å². The van der Waals surface area contributed by atoms with Crippen molar-refractivity contribution in [2.75, 3.05) is 18.2 Å². The predicted octanol–water partition coefficient (Wildman–Crippen LogP) is 0.983. The van der Waals surface area contributed by atoms with Gasteiger partial charge in [0.15, 0.2) is 0 Å². The van der Waals surface area contributed by atoms with E-state index < -0.39 is 4.92 Å². The second kappa shape index (κ2) is 5.78. The molecule has 9 heteroatoms. The van der Waals surface area contributed by atoms with Gasteiger partial charge in [-0.2, -0.15) is 4.98 Å². The van der Waals surface area contributed by atoms with E-state index in [0.717, 1.165) is 11.8 Å². The van der Waals surface area contributed by atoms with Crippen molar-refractivity contribution in [3.8, 4) is 5.88 Å². The van der Waals surface area contributed by atoms with Crippen LogP contribution in [0.5, 0.6) is 5.88 Å². The Morgan fingerprint density at radius 2 is 2.30 bits per heavy atom. The van der Waals surface area contributed by atoms with Crippen molar-refractivity contribution in [2.45, 2.75) is 6.54 Å². The summed E-state index contributed by atoms with van der Waals surface area (Å²) in [5.41, 5.74) is 6.03. The summed E-state index contributed by atoms with van der Waals surface area (Å²) in [6, 6.07) is 3.47. The molecular formula is C11H12N6O3. The van der Waals surface area contributed by atoms with Crippen molar-refractivity contribution in [3.63, 3.8) is 0 Å². The largest absolute Gasteiger partial charge is 0.481 e. The first-order chi connectivity index (χ1) is 9.60. The van der Waals surface area contributed by atoms with E-state index in [4.69, 9.17) is 10.5 Å². The zero-order valence-corrected chi connectivity index (χ0v) is 10.6. The van der Waals surface area contributed by atoms with E-state index in [-0.39, 0.29) is 17.5 Å². The summed E-state index contributed by atoms with van der Waals surface area (Å²) in [7, 11) is 1.51. The number of anilines is 2. The Bertz CT molecular complexity index is 633. The second-order valence-electron chi connectivity index (χ2n) is 3.78. The second-order valence-corrected chi connectivity index (χ2v) is 3.78. The smallest absolute Gasteiger partial charge is 0.329 e. The molecule has 9 nitrogen and oxygen atoms in total. The summed E-state index contributed by atoms with van der Waals surface area (Å²) in [5, 5.41) is 13.7. The molecule has 0 aromatic carbocycles. The van der Waals surface area contributed by atoms with Gasteiger partial charge in [-0.1, -0.05) is 0 Å². The van der Waals surface area contributed by atoms with Gasteiger partial charge in [-0.15, -0.1) is 0 Å². The van der Waals surface area contributed by atoms with Crippen LogP contribution in [-0.2, 0) is 6.54 Å². The highest BCUT2D eigenvalue weighted by Gasteiger charge is 2.16. The first-order valence-electron chi connectivity index (χ1n) is 5.60. The number of nitro groups is 1. The van der Waals surface area contributed by atoms with Crippen molar-refractivity contribution in [1.82, 2.24) is 15.0 Å². The third-order valence-corrected chi connectivity index (χ3v) is 2.45. The predicted molar refractivity (Wildman–Crippen MR) is 71.2 cm³/mol. The van der Waals surface area contributed by atoms with Crippen LogP contribution in [0.4, 0.5) is 17.5 Å². The van der Waals surface area contributed by atoms with Crippen LogP contribution in [0, 0.1) is 10.1 Å².